The highest BCUT2D eigenvalue weighted by molar-refractivity contribution is 7.80. The summed E-state index contributed by atoms with van der Waals surface area (Å²) in [6, 6.07) is 7.57. The van der Waals surface area contributed by atoms with Crippen molar-refractivity contribution in [1.29, 1.82) is 0 Å². The minimum absolute atomic E-state index is 0.109. The van der Waals surface area contributed by atoms with Gasteiger partial charge in [0.25, 0.3) is 0 Å². The van der Waals surface area contributed by atoms with Crippen LogP contribution in [0.2, 0.25) is 0 Å². The summed E-state index contributed by atoms with van der Waals surface area (Å²) in [5.74, 6) is -1.43. The van der Waals surface area contributed by atoms with Gasteiger partial charge in [0.05, 0.1) is 0 Å². The molecule has 0 saturated carbocycles. The zero-order valence-corrected chi connectivity index (χ0v) is 18.0. The van der Waals surface area contributed by atoms with Crippen LogP contribution in [0.4, 0.5) is 0 Å². The molecule has 0 aliphatic rings. The van der Waals surface area contributed by atoms with Gasteiger partial charge in [-0.15, -0.1) is 0 Å². The van der Waals surface area contributed by atoms with Gasteiger partial charge in [0.15, 0.2) is 6.61 Å². The van der Waals surface area contributed by atoms with Gasteiger partial charge < -0.3 is 14.2 Å². The molecule has 0 spiro atoms. The van der Waals surface area contributed by atoms with Crippen LogP contribution in [0.5, 0.6) is 5.75 Å². The van der Waals surface area contributed by atoms with E-state index in [0.29, 0.717) is 5.75 Å². The summed E-state index contributed by atoms with van der Waals surface area (Å²) in [7, 11) is -4.80. The van der Waals surface area contributed by atoms with Gasteiger partial charge in [-0.3, -0.25) is 4.55 Å². The average molecular weight is 419 g/mol. The number of hydrogen-bond donors (Lipinski definition) is 1. The van der Waals surface area contributed by atoms with Crippen LogP contribution < -0.4 is 4.74 Å². The average Bonchev–Trinajstić information content (AvgIpc) is 2.63. The number of hydrogen-bond acceptors (Lipinski definition) is 6. The molecule has 0 radical (unpaired) electrons. The van der Waals surface area contributed by atoms with Crippen molar-refractivity contribution in [3.8, 4) is 5.75 Å². The third-order valence-corrected chi connectivity index (χ3v) is 4.60. The van der Waals surface area contributed by atoms with Crippen LogP contribution in [0, 0.1) is 0 Å². The van der Waals surface area contributed by atoms with Crippen molar-refractivity contribution in [3.63, 3.8) is 0 Å². The van der Waals surface area contributed by atoms with E-state index < -0.39 is 16.4 Å². The monoisotopic (exact) mass is 418 g/mol. The lowest BCUT2D eigenvalue weighted by molar-refractivity contribution is -0.350. The quantitative estimate of drug-likeness (QED) is 0.240. The van der Waals surface area contributed by atoms with E-state index in [2.05, 4.69) is 11.1 Å². The van der Waals surface area contributed by atoms with Gasteiger partial charge in [0.1, 0.15) is 5.75 Å². The Bertz CT molecular complexity index is 640. The maximum Gasteiger partial charge on any atom is 0.402 e. The smallest absolute Gasteiger partial charge is 0.402 e. The molecule has 0 fully saturated rings. The molecule has 28 heavy (non-hydrogen) atoms. The maximum atomic E-state index is 11.2. The van der Waals surface area contributed by atoms with Crippen molar-refractivity contribution in [3.05, 3.63) is 29.8 Å². The van der Waals surface area contributed by atoms with Crippen molar-refractivity contribution < 1.29 is 31.4 Å². The number of unbranched alkanes of at least 4 members (excludes halogenated alkanes) is 5. The van der Waals surface area contributed by atoms with Gasteiger partial charge in [-0.2, -0.15) is 12.6 Å². The largest absolute Gasteiger partial charge is 0.485 e. The second-order valence-electron chi connectivity index (χ2n) is 6.47. The molecular formula is C20H34O7S. The molecule has 0 bridgehead atoms. The molecule has 8 heteroatoms. The van der Waals surface area contributed by atoms with Gasteiger partial charge in [-0.25, -0.2) is 0 Å². The first kappa shape index (κ1) is 24.8. The zero-order valence-electron chi connectivity index (χ0n) is 17.2. The number of benzene rings is 1. The summed E-state index contributed by atoms with van der Waals surface area (Å²) in [4.78, 5) is 0. The second-order valence-corrected chi connectivity index (χ2v) is 7.50. The Morgan fingerprint density at radius 2 is 1.54 bits per heavy atom. The van der Waals surface area contributed by atoms with E-state index in [1.54, 1.807) is 13.8 Å². The fourth-order valence-electron chi connectivity index (χ4n) is 2.91. The van der Waals surface area contributed by atoms with Gasteiger partial charge in [0, 0.05) is 13.2 Å². The summed E-state index contributed by atoms with van der Waals surface area (Å²) >= 11 is 0. The van der Waals surface area contributed by atoms with E-state index in [0.717, 1.165) is 24.8 Å². The number of para-hydroxylation sites is 1. The van der Waals surface area contributed by atoms with Crippen molar-refractivity contribution in [2.24, 2.45) is 0 Å². The predicted octanol–water partition coefficient (Wildman–Crippen LogP) is 4.51. The molecular weight excluding hydrogens is 384 g/mol. The highest BCUT2D eigenvalue weighted by Gasteiger charge is 2.40. The summed E-state index contributed by atoms with van der Waals surface area (Å²) in [5, 5.41) is 0. The molecule has 1 aromatic rings. The van der Waals surface area contributed by atoms with E-state index in [9.17, 15) is 8.42 Å². The van der Waals surface area contributed by atoms with Crippen LogP contribution >= 0.6 is 0 Å². The number of rotatable bonds is 16. The Labute approximate surface area is 169 Å². The van der Waals surface area contributed by atoms with E-state index in [1.165, 1.54) is 25.7 Å². The number of aryl methyl sites for hydroxylation is 1. The SMILES string of the molecule is CCCCCCCCc1ccccc1OCC(OCC)(OCC)OS(=O)(=O)O. The Morgan fingerprint density at radius 1 is 0.929 bits per heavy atom. The highest BCUT2D eigenvalue weighted by atomic mass is 32.3. The molecule has 0 heterocycles. The van der Waals surface area contributed by atoms with E-state index in [4.69, 9.17) is 18.8 Å². The molecule has 0 atom stereocenters. The van der Waals surface area contributed by atoms with Crippen LogP contribution in [0.3, 0.4) is 0 Å². The summed E-state index contributed by atoms with van der Waals surface area (Å²) in [6.07, 6.45) is 8.03. The third-order valence-electron chi connectivity index (χ3n) is 4.14. The van der Waals surface area contributed by atoms with Crippen LogP contribution in [0.25, 0.3) is 0 Å². The van der Waals surface area contributed by atoms with Crippen molar-refractivity contribution in [2.45, 2.75) is 71.7 Å². The maximum absolute atomic E-state index is 11.2. The molecule has 1 rings (SSSR count). The molecule has 0 amide bonds. The molecule has 0 saturated heterocycles. The molecule has 0 unspecified atom stereocenters. The Morgan fingerprint density at radius 3 is 2.14 bits per heavy atom. The lowest BCUT2D eigenvalue weighted by atomic mass is 10.0. The predicted molar refractivity (Wildman–Crippen MR) is 108 cm³/mol. The zero-order chi connectivity index (χ0) is 20.9. The minimum atomic E-state index is -4.80. The second kappa shape index (κ2) is 13.1. The van der Waals surface area contributed by atoms with Crippen LogP contribution in [0.15, 0.2) is 24.3 Å². The van der Waals surface area contributed by atoms with Crippen LogP contribution in [-0.4, -0.2) is 38.8 Å². The van der Waals surface area contributed by atoms with E-state index in [-0.39, 0.29) is 19.8 Å². The standard InChI is InChI=1S/C20H34O7S/c1-4-7-8-9-10-11-14-18-15-12-13-16-19(18)24-17-20(25-5-2,26-6-3)27-28(21,22)23/h12-13,15-16H,4-11,14,17H2,1-3H3,(H,21,22,23). The van der Waals surface area contributed by atoms with E-state index >= 15 is 0 Å². The van der Waals surface area contributed by atoms with Gasteiger partial charge in [-0.05, 0) is 38.3 Å². The van der Waals surface area contributed by atoms with Crippen molar-refractivity contribution in [1.82, 2.24) is 0 Å². The third kappa shape index (κ3) is 9.84. The lowest BCUT2D eigenvalue weighted by Crippen LogP contribution is -2.46. The summed E-state index contributed by atoms with van der Waals surface area (Å²) in [5.41, 5.74) is 1.02. The molecule has 1 N–H and O–H groups in total. The van der Waals surface area contributed by atoms with E-state index in [1.807, 2.05) is 24.3 Å². The van der Waals surface area contributed by atoms with Gasteiger partial charge >= 0.3 is 16.4 Å². The fourth-order valence-corrected chi connectivity index (χ4v) is 3.38. The van der Waals surface area contributed by atoms with Gasteiger partial charge in [0.2, 0.25) is 0 Å². The molecule has 7 nitrogen and oxygen atoms in total. The fraction of sp³-hybridized carbons (Fsp3) is 0.700. The van der Waals surface area contributed by atoms with Crippen LogP contribution in [0.1, 0.15) is 64.9 Å². The Hall–Kier alpha value is -1.19. The topological polar surface area (TPSA) is 91.3 Å². The molecule has 162 valence electrons. The summed E-state index contributed by atoms with van der Waals surface area (Å²) in [6.45, 7) is 5.39. The van der Waals surface area contributed by atoms with Crippen molar-refractivity contribution >= 4 is 10.4 Å². The first-order valence-corrected chi connectivity index (χ1v) is 11.4. The Kier molecular flexibility index (Phi) is 11.6. The molecule has 0 aliphatic heterocycles. The Balaban J connectivity index is 2.76. The highest BCUT2D eigenvalue weighted by Crippen LogP contribution is 2.25. The first-order chi connectivity index (χ1) is 13.4. The first-order valence-electron chi connectivity index (χ1n) is 10.0. The normalized spacial score (nSPS) is 12.3. The molecule has 0 aliphatic carbocycles. The lowest BCUT2D eigenvalue weighted by Gasteiger charge is -2.30. The molecule has 0 aromatic heterocycles. The minimum Gasteiger partial charge on any atom is -0.485 e. The van der Waals surface area contributed by atoms with Crippen molar-refractivity contribution in [2.75, 3.05) is 19.8 Å². The van der Waals surface area contributed by atoms with Crippen LogP contribution in [-0.2, 0) is 30.5 Å². The van der Waals surface area contributed by atoms with Gasteiger partial charge in [-0.1, -0.05) is 57.2 Å². The molecule has 1 aromatic carbocycles. The summed E-state index contributed by atoms with van der Waals surface area (Å²) < 4.78 is 52.7. The number of ether oxygens (including phenoxy) is 3.